The number of halogens is 7. The van der Waals surface area contributed by atoms with Crippen LogP contribution in [0.25, 0.3) is 11.3 Å². The summed E-state index contributed by atoms with van der Waals surface area (Å²) in [5.41, 5.74) is -3.00. The van der Waals surface area contributed by atoms with Crippen LogP contribution in [-0.4, -0.2) is 27.6 Å². The molecule has 0 radical (unpaired) electrons. The summed E-state index contributed by atoms with van der Waals surface area (Å²) in [6.07, 6.45) is -7.87. The van der Waals surface area contributed by atoms with Crippen LogP contribution in [0.1, 0.15) is 24.0 Å². The molecule has 0 unspecified atom stereocenters. The van der Waals surface area contributed by atoms with Gasteiger partial charge < -0.3 is 5.32 Å². The Morgan fingerprint density at radius 2 is 1.69 bits per heavy atom. The van der Waals surface area contributed by atoms with E-state index >= 15 is 0 Å². The van der Waals surface area contributed by atoms with Gasteiger partial charge in [0.15, 0.2) is 0 Å². The maximum atomic E-state index is 13.0. The molecular weight excluding hydrogens is 477 g/mol. The first-order valence-corrected chi connectivity index (χ1v) is 8.76. The quantitative estimate of drug-likeness (QED) is 0.515. The molecule has 2 aromatic rings. The number of hydrogen-bond donors (Lipinski definition) is 1. The van der Waals surface area contributed by atoms with E-state index in [0.29, 0.717) is 22.4 Å². The second-order valence-electron chi connectivity index (χ2n) is 6.00. The number of aromatic nitrogens is 3. The van der Waals surface area contributed by atoms with Gasteiger partial charge in [-0.1, -0.05) is 5.21 Å². The molecule has 0 amide bonds. The van der Waals surface area contributed by atoms with Gasteiger partial charge in [-0.2, -0.15) is 26.3 Å². The zero-order valence-corrected chi connectivity index (χ0v) is 15.3. The Labute approximate surface area is 158 Å². The smallest absolute Gasteiger partial charge is 0.312 e. The molecule has 142 valence electrons. The van der Waals surface area contributed by atoms with Crippen molar-refractivity contribution < 1.29 is 26.3 Å². The first-order valence-electron chi connectivity index (χ1n) is 7.68. The highest BCUT2D eigenvalue weighted by molar-refractivity contribution is 14.1. The molecule has 0 saturated carbocycles. The van der Waals surface area contributed by atoms with Crippen molar-refractivity contribution in [2.75, 3.05) is 6.54 Å². The fourth-order valence-electron chi connectivity index (χ4n) is 2.81. The summed E-state index contributed by atoms with van der Waals surface area (Å²) in [5.74, 6) is 0. The van der Waals surface area contributed by atoms with E-state index in [-0.39, 0.29) is 23.4 Å². The summed E-state index contributed by atoms with van der Waals surface area (Å²) < 4.78 is 79.9. The van der Waals surface area contributed by atoms with E-state index in [1.807, 2.05) is 22.6 Å². The molecule has 1 aliphatic rings. The molecule has 1 aromatic heterocycles. The first kappa shape index (κ1) is 19.4. The lowest BCUT2D eigenvalue weighted by Gasteiger charge is -2.14. The molecule has 1 aliphatic heterocycles. The standard InChI is InChI=1S/C15H13F6IN4/c16-14(17,18)9-4-8(5-10(6-9)15(19,20)21)12-13(22)26(25-24-12)7-11-2-1-3-23-11/h4-6,11,23H,1-3,7H2/t11-/m0/s1. The van der Waals surface area contributed by atoms with E-state index in [0.717, 1.165) is 19.4 Å². The summed E-state index contributed by atoms with van der Waals surface area (Å²) in [7, 11) is 0. The van der Waals surface area contributed by atoms with Crippen LogP contribution in [0, 0.1) is 3.70 Å². The van der Waals surface area contributed by atoms with Gasteiger partial charge in [0, 0.05) is 11.6 Å². The molecule has 1 N–H and O–H groups in total. The van der Waals surface area contributed by atoms with Crippen molar-refractivity contribution in [1.82, 2.24) is 20.3 Å². The van der Waals surface area contributed by atoms with Gasteiger partial charge >= 0.3 is 12.4 Å². The Bertz CT molecular complexity index is 760. The molecule has 1 fully saturated rings. The molecule has 0 bridgehead atoms. The minimum absolute atomic E-state index is 0.000182. The van der Waals surface area contributed by atoms with Gasteiger partial charge in [0.25, 0.3) is 0 Å². The predicted octanol–water partition coefficient (Wildman–Crippen LogP) is 4.34. The van der Waals surface area contributed by atoms with Crippen LogP contribution in [0.4, 0.5) is 26.3 Å². The van der Waals surface area contributed by atoms with Gasteiger partial charge in [-0.05, 0) is 60.2 Å². The van der Waals surface area contributed by atoms with Crippen molar-refractivity contribution in [2.24, 2.45) is 0 Å². The normalized spacial score (nSPS) is 18.5. The molecule has 2 heterocycles. The van der Waals surface area contributed by atoms with E-state index in [1.165, 1.54) is 4.68 Å². The Balaban J connectivity index is 2.01. The highest BCUT2D eigenvalue weighted by atomic mass is 127. The highest BCUT2D eigenvalue weighted by Gasteiger charge is 2.37. The Morgan fingerprint density at radius 3 is 2.19 bits per heavy atom. The summed E-state index contributed by atoms with van der Waals surface area (Å²) in [4.78, 5) is 0. The minimum Gasteiger partial charge on any atom is -0.312 e. The zero-order valence-electron chi connectivity index (χ0n) is 13.1. The summed E-state index contributed by atoms with van der Waals surface area (Å²) in [5, 5.41) is 11.0. The molecule has 1 aromatic carbocycles. The molecule has 1 atom stereocenters. The van der Waals surface area contributed by atoms with Gasteiger partial charge in [0.1, 0.15) is 9.39 Å². The molecule has 11 heteroatoms. The Kier molecular flexibility index (Phi) is 5.21. The van der Waals surface area contributed by atoms with Crippen LogP contribution in [0.5, 0.6) is 0 Å². The van der Waals surface area contributed by atoms with E-state index in [1.54, 1.807) is 0 Å². The minimum atomic E-state index is -4.90. The third-order valence-corrected chi connectivity index (χ3v) is 5.16. The van der Waals surface area contributed by atoms with Crippen molar-refractivity contribution in [3.8, 4) is 11.3 Å². The molecule has 3 rings (SSSR count). The number of nitrogens with one attached hydrogen (secondary N) is 1. The number of benzene rings is 1. The van der Waals surface area contributed by atoms with Crippen molar-refractivity contribution in [1.29, 1.82) is 0 Å². The maximum Gasteiger partial charge on any atom is 0.416 e. The molecule has 0 spiro atoms. The molecular formula is C15H13F6IN4. The van der Waals surface area contributed by atoms with Crippen LogP contribution in [0.2, 0.25) is 0 Å². The van der Waals surface area contributed by atoms with Crippen LogP contribution >= 0.6 is 22.6 Å². The van der Waals surface area contributed by atoms with Crippen LogP contribution in [-0.2, 0) is 18.9 Å². The van der Waals surface area contributed by atoms with Crippen LogP contribution < -0.4 is 5.32 Å². The van der Waals surface area contributed by atoms with Crippen molar-refractivity contribution in [3.05, 3.63) is 33.0 Å². The van der Waals surface area contributed by atoms with E-state index < -0.39 is 23.5 Å². The van der Waals surface area contributed by atoms with E-state index in [4.69, 9.17) is 0 Å². The zero-order chi connectivity index (χ0) is 19.1. The van der Waals surface area contributed by atoms with Crippen LogP contribution in [0.15, 0.2) is 18.2 Å². The topological polar surface area (TPSA) is 42.7 Å². The maximum absolute atomic E-state index is 13.0. The monoisotopic (exact) mass is 490 g/mol. The Morgan fingerprint density at radius 1 is 1.08 bits per heavy atom. The summed E-state index contributed by atoms with van der Waals surface area (Å²) in [6.45, 7) is 1.32. The van der Waals surface area contributed by atoms with Gasteiger partial charge in [-0.15, -0.1) is 5.10 Å². The molecule has 26 heavy (non-hydrogen) atoms. The number of hydrogen-bond acceptors (Lipinski definition) is 3. The van der Waals surface area contributed by atoms with E-state index in [9.17, 15) is 26.3 Å². The largest absolute Gasteiger partial charge is 0.416 e. The third-order valence-electron chi connectivity index (χ3n) is 4.09. The van der Waals surface area contributed by atoms with Crippen molar-refractivity contribution in [2.45, 2.75) is 37.8 Å². The lowest BCUT2D eigenvalue weighted by Crippen LogP contribution is -2.27. The van der Waals surface area contributed by atoms with Crippen molar-refractivity contribution >= 4 is 22.6 Å². The van der Waals surface area contributed by atoms with Gasteiger partial charge in [-0.3, -0.25) is 0 Å². The molecule has 4 nitrogen and oxygen atoms in total. The second-order valence-corrected chi connectivity index (χ2v) is 7.02. The number of alkyl halides is 6. The average molecular weight is 490 g/mol. The van der Waals surface area contributed by atoms with Crippen LogP contribution in [0.3, 0.4) is 0 Å². The highest BCUT2D eigenvalue weighted by Crippen LogP contribution is 2.39. The number of nitrogens with zero attached hydrogens (tertiary/aromatic N) is 3. The summed E-state index contributed by atoms with van der Waals surface area (Å²) in [6, 6.07) is 1.59. The van der Waals surface area contributed by atoms with Gasteiger partial charge in [0.2, 0.25) is 0 Å². The molecule has 0 aliphatic carbocycles. The second kappa shape index (κ2) is 6.98. The van der Waals surface area contributed by atoms with Gasteiger partial charge in [-0.25, -0.2) is 4.68 Å². The van der Waals surface area contributed by atoms with Gasteiger partial charge in [0.05, 0.1) is 17.7 Å². The van der Waals surface area contributed by atoms with Crippen molar-refractivity contribution in [3.63, 3.8) is 0 Å². The third kappa shape index (κ3) is 4.13. The Hall–Kier alpha value is -1.37. The van der Waals surface area contributed by atoms with E-state index in [2.05, 4.69) is 15.6 Å². The SMILES string of the molecule is FC(F)(F)c1cc(-c2nnn(C[C@@H]3CCCN3)c2I)cc(C(F)(F)F)c1. The average Bonchev–Trinajstić information content (AvgIpc) is 3.16. The lowest BCUT2D eigenvalue weighted by molar-refractivity contribution is -0.143. The molecule has 1 saturated heterocycles. The fraction of sp³-hybridized carbons (Fsp3) is 0.467. The number of rotatable bonds is 3. The lowest BCUT2D eigenvalue weighted by atomic mass is 10.0. The fourth-order valence-corrected chi connectivity index (χ4v) is 3.52. The predicted molar refractivity (Wildman–Crippen MR) is 89.2 cm³/mol. The first-order chi connectivity index (χ1) is 12.1. The summed E-state index contributed by atoms with van der Waals surface area (Å²) >= 11 is 1.84.